The summed E-state index contributed by atoms with van der Waals surface area (Å²) in [4.78, 5) is 11.3. The molecule has 1 aliphatic rings. The molecular formula is C15H24ClN3. The summed E-state index contributed by atoms with van der Waals surface area (Å²) in [6.07, 6.45) is 7.11. The summed E-state index contributed by atoms with van der Waals surface area (Å²) in [5, 5.41) is 0.574. The third-order valence-electron chi connectivity index (χ3n) is 3.95. The van der Waals surface area contributed by atoms with Crippen molar-refractivity contribution in [1.82, 2.24) is 9.97 Å². The van der Waals surface area contributed by atoms with Gasteiger partial charge >= 0.3 is 0 Å². The summed E-state index contributed by atoms with van der Waals surface area (Å²) in [6.45, 7) is 6.62. The molecule has 1 aromatic heterocycles. The first-order valence-corrected chi connectivity index (χ1v) is 7.89. The van der Waals surface area contributed by atoms with Gasteiger partial charge in [0.2, 0.25) is 0 Å². The Balaban J connectivity index is 2.12. The highest BCUT2D eigenvalue weighted by atomic mass is 35.5. The number of anilines is 1. The molecule has 1 atom stereocenters. The van der Waals surface area contributed by atoms with Crippen molar-refractivity contribution in [2.45, 2.75) is 52.4 Å². The molecule has 1 fully saturated rings. The molecule has 0 aliphatic carbocycles. The van der Waals surface area contributed by atoms with Crippen molar-refractivity contribution in [2.75, 3.05) is 18.0 Å². The number of aromatic nitrogens is 2. The van der Waals surface area contributed by atoms with Gasteiger partial charge in [-0.25, -0.2) is 9.97 Å². The summed E-state index contributed by atoms with van der Waals surface area (Å²) >= 11 is 6.12. The van der Waals surface area contributed by atoms with Crippen LogP contribution in [0.1, 0.15) is 51.8 Å². The average molecular weight is 282 g/mol. The molecule has 0 radical (unpaired) electrons. The number of halogens is 1. The highest BCUT2D eigenvalue weighted by molar-refractivity contribution is 6.29. The summed E-state index contributed by atoms with van der Waals surface area (Å²) in [5.74, 6) is 2.76. The second-order valence-electron chi connectivity index (χ2n) is 5.41. The molecule has 2 rings (SSSR count). The lowest BCUT2D eigenvalue weighted by Gasteiger charge is -2.22. The fraction of sp³-hybridized carbons (Fsp3) is 0.733. The van der Waals surface area contributed by atoms with Crippen molar-refractivity contribution >= 4 is 17.4 Å². The van der Waals surface area contributed by atoms with E-state index in [1.807, 2.05) is 6.07 Å². The zero-order chi connectivity index (χ0) is 13.7. The zero-order valence-electron chi connectivity index (χ0n) is 12.0. The van der Waals surface area contributed by atoms with Crippen LogP contribution in [0.15, 0.2) is 6.07 Å². The van der Waals surface area contributed by atoms with Gasteiger partial charge in [0.15, 0.2) is 0 Å². The summed E-state index contributed by atoms with van der Waals surface area (Å²) in [6, 6.07) is 1.91. The van der Waals surface area contributed by atoms with E-state index in [0.29, 0.717) is 5.15 Å². The Morgan fingerprint density at radius 2 is 2.11 bits per heavy atom. The van der Waals surface area contributed by atoms with Crippen molar-refractivity contribution < 1.29 is 0 Å². The van der Waals surface area contributed by atoms with Crippen LogP contribution in [0.2, 0.25) is 5.15 Å². The lowest BCUT2D eigenvalue weighted by molar-refractivity contribution is 0.459. The molecule has 1 aromatic rings. The highest BCUT2D eigenvalue weighted by Gasteiger charge is 2.17. The van der Waals surface area contributed by atoms with Gasteiger partial charge in [0, 0.05) is 25.6 Å². The Bertz CT molecular complexity index is 408. The summed E-state index contributed by atoms with van der Waals surface area (Å²) < 4.78 is 0. The van der Waals surface area contributed by atoms with Crippen molar-refractivity contribution in [3.05, 3.63) is 17.0 Å². The molecule has 0 bridgehead atoms. The largest absolute Gasteiger partial charge is 0.356 e. The van der Waals surface area contributed by atoms with Crippen LogP contribution in [0.4, 0.5) is 5.82 Å². The minimum absolute atomic E-state index is 0.574. The van der Waals surface area contributed by atoms with E-state index in [-0.39, 0.29) is 0 Å². The van der Waals surface area contributed by atoms with Crippen molar-refractivity contribution in [1.29, 1.82) is 0 Å². The van der Waals surface area contributed by atoms with Crippen LogP contribution < -0.4 is 4.90 Å². The molecule has 3 nitrogen and oxygen atoms in total. The first-order valence-electron chi connectivity index (χ1n) is 7.51. The van der Waals surface area contributed by atoms with Crippen LogP contribution in [0.3, 0.4) is 0 Å². The minimum atomic E-state index is 0.574. The van der Waals surface area contributed by atoms with Crippen LogP contribution >= 0.6 is 11.6 Å². The maximum absolute atomic E-state index is 6.12. The highest BCUT2D eigenvalue weighted by Crippen LogP contribution is 2.24. The van der Waals surface area contributed by atoms with E-state index in [0.717, 1.165) is 43.5 Å². The van der Waals surface area contributed by atoms with Gasteiger partial charge < -0.3 is 4.90 Å². The van der Waals surface area contributed by atoms with Gasteiger partial charge in [-0.3, -0.25) is 0 Å². The summed E-state index contributed by atoms with van der Waals surface area (Å²) in [5.41, 5.74) is 0. The molecule has 0 N–H and O–H groups in total. The van der Waals surface area contributed by atoms with E-state index in [2.05, 4.69) is 28.7 Å². The Morgan fingerprint density at radius 3 is 2.84 bits per heavy atom. The van der Waals surface area contributed by atoms with Gasteiger partial charge in [-0.15, -0.1) is 0 Å². The molecule has 2 heterocycles. The van der Waals surface area contributed by atoms with Gasteiger partial charge in [-0.2, -0.15) is 0 Å². The SMILES string of the molecule is CCCc1nc(Cl)cc(N2CCCC(CC)CC2)n1. The van der Waals surface area contributed by atoms with E-state index < -0.39 is 0 Å². The molecule has 1 unspecified atom stereocenters. The molecule has 106 valence electrons. The predicted octanol–water partition coefficient (Wildman–Crippen LogP) is 4.10. The fourth-order valence-electron chi connectivity index (χ4n) is 2.75. The van der Waals surface area contributed by atoms with E-state index in [1.54, 1.807) is 0 Å². The van der Waals surface area contributed by atoms with Gasteiger partial charge in [0.05, 0.1) is 0 Å². The molecule has 0 amide bonds. The molecule has 19 heavy (non-hydrogen) atoms. The molecule has 1 aliphatic heterocycles. The third-order valence-corrected chi connectivity index (χ3v) is 4.14. The minimum Gasteiger partial charge on any atom is -0.356 e. The van der Waals surface area contributed by atoms with E-state index in [4.69, 9.17) is 11.6 Å². The Morgan fingerprint density at radius 1 is 1.26 bits per heavy atom. The van der Waals surface area contributed by atoms with E-state index >= 15 is 0 Å². The smallest absolute Gasteiger partial charge is 0.134 e. The number of rotatable bonds is 4. The number of hydrogen-bond acceptors (Lipinski definition) is 3. The lowest BCUT2D eigenvalue weighted by atomic mass is 9.98. The fourth-order valence-corrected chi connectivity index (χ4v) is 2.95. The molecule has 0 saturated carbocycles. The molecule has 0 spiro atoms. The molecule has 1 saturated heterocycles. The number of hydrogen-bond donors (Lipinski definition) is 0. The standard InChI is InChI=1S/C15H24ClN3/c1-3-6-14-17-13(16)11-15(18-14)19-9-5-7-12(4-2)8-10-19/h11-12H,3-10H2,1-2H3. The number of nitrogens with zero attached hydrogens (tertiary/aromatic N) is 3. The first-order chi connectivity index (χ1) is 9.22. The van der Waals surface area contributed by atoms with Crippen LogP contribution in [-0.2, 0) is 6.42 Å². The monoisotopic (exact) mass is 281 g/mol. The predicted molar refractivity (Wildman–Crippen MR) is 80.9 cm³/mol. The van der Waals surface area contributed by atoms with Crippen LogP contribution in [0.5, 0.6) is 0 Å². The van der Waals surface area contributed by atoms with Crippen LogP contribution in [-0.4, -0.2) is 23.1 Å². The summed E-state index contributed by atoms with van der Waals surface area (Å²) in [7, 11) is 0. The van der Waals surface area contributed by atoms with Crippen LogP contribution in [0, 0.1) is 5.92 Å². The van der Waals surface area contributed by atoms with Gasteiger partial charge in [-0.05, 0) is 31.6 Å². The Kier molecular flexibility index (Phi) is 5.44. The zero-order valence-corrected chi connectivity index (χ0v) is 12.8. The van der Waals surface area contributed by atoms with Gasteiger partial charge in [0.25, 0.3) is 0 Å². The lowest BCUT2D eigenvalue weighted by Crippen LogP contribution is -2.25. The van der Waals surface area contributed by atoms with E-state index in [9.17, 15) is 0 Å². The molecular weight excluding hydrogens is 258 g/mol. The normalized spacial score (nSPS) is 20.4. The Labute approximate surface area is 121 Å². The topological polar surface area (TPSA) is 29.0 Å². The third kappa shape index (κ3) is 4.07. The Hall–Kier alpha value is -0.830. The second kappa shape index (κ2) is 7.09. The molecule has 0 aromatic carbocycles. The first kappa shape index (κ1) is 14.6. The maximum atomic E-state index is 6.12. The van der Waals surface area contributed by atoms with Gasteiger partial charge in [0.1, 0.15) is 16.8 Å². The molecule has 4 heteroatoms. The average Bonchev–Trinajstić information content (AvgIpc) is 2.63. The van der Waals surface area contributed by atoms with Crippen molar-refractivity contribution in [2.24, 2.45) is 5.92 Å². The number of aryl methyl sites for hydroxylation is 1. The van der Waals surface area contributed by atoms with E-state index in [1.165, 1.54) is 25.7 Å². The van der Waals surface area contributed by atoms with Crippen molar-refractivity contribution in [3.8, 4) is 0 Å². The van der Waals surface area contributed by atoms with Crippen LogP contribution in [0.25, 0.3) is 0 Å². The quantitative estimate of drug-likeness (QED) is 0.778. The maximum Gasteiger partial charge on any atom is 0.134 e. The van der Waals surface area contributed by atoms with Gasteiger partial charge in [-0.1, -0.05) is 31.9 Å². The van der Waals surface area contributed by atoms with Crippen molar-refractivity contribution in [3.63, 3.8) is 0 Å². The second-order valence-corrected chi connectivity index (χ2v) is 5.79.